The number of piperidine rings is 1. The summed E-state index contributed by atoms with van der Waals surface area (Å²) in [6.45, 7) is 4.61. The summed E-state index contributed by atoms with van der Waals surface area (Å²) in [6, 6.07) is 3.79. The molecule has 2 N–H and O–H groups in total. The zero-order valence-electron chi connectivity index (χ0n) is 12.7. The van der Waals surface area contributed by atoms with Gasteiger partial charge in [-0.05, 0) is 53.7 Å². The van der Waals surface area contributed by atoms with Crippen molar-refractivity contribution in [1.29, 1.82) is 0 Å². The van der Waals surface area contributed by atoms with Gasteiger partial charge in [-0.2, -0.15) is 0 Å². The molecule has 1 aromatic rings. The van der Waals surface area contributed by atoms with Crippen LogP contribution < -0.4 is 15.2 Å². The van der Waals surface area contributed by atoms with Crippen molar-refractivity contribution in [3.05, 3.63) is 22.2 Å². The Hall–Kier alpha value is -1.27. The summed E-state index contributed by atoms with van der Waals surface area (Å²) >= 11 is 3.46. The van der Waals surface area contributed by atoms with Gasteiger partial charge in [0.25, 0.3) is 5.91 Å². The van der Waals surface area contributed by atoms with Crippen molar-refractivity contribution in [2.24, 2.45) is 11.7 Å². The average Bonchev–Trinajstić information content (AvgIpc) is 2.54. The lowest BCUT2D eigenvalue weighted by Crippen LogP contribution is -2.42. The second-order valence-corrected chi connectivity index (χ2v) is 6.83. The molecule has 2 heterocycles. The molecular weight excluding hydrogens is 348 g/mol. The first-order chi connectivity index (χ1) is 10.6. The molecular formula is C16H21BrN2O3. The number of benzene rings is 1. The van der Waals surface area contributed by atoms with Crippen LogP contribution in [0.5, 0.6) is 11.5 Å². The van der Waals surface area contributed by atoms with Crippen molar-refractivity contribution >= 4 is 21.8 Å². The second kappa shape index (κ2) is 6.46. The molecule has 1 atom stereocenters. The summed E-state index contributed by atoms with van der Waals surface area (Å²) in [7, 11) is 0. The van der Waals surface area contributed by atoms with Crippen LogP contribution in [0.25, 0.3) is 0 Å². The number of hydrogen-bond donors (Lipinski definition) is 1. The van der Waals surface area contributed by atoms with Crippen LogP contribution in [0.1, 0.15) is 30.1 Å². The molecule has 2 aliphatic heterocycles. The van der Waals surface area contributed by atoms with Crippen LogP contribution in [0.2, 0.25) is 0 Å². The van der Waals surface area contributed by atoms with Crippen LogP contribution in [-0.4, -0.2) is 43.2 Å². The third kappa shape index (κ3) is 3.08. The van der Waals surface area contributed by atoms with Gasteiger partial charge >= 0.3 is 0 Å². The van der Waals surface area contributed by atoms with E-state index in [2.05, 4.69) is 15.9 Å². The van der Waals surface area contributed by atoms with Crippen molar-refractivity contribution < 1.29 is 14.3 Å². The SMILES string of the molecule is CC(N)C1CCN(C(=O)c2cc(Br)c3c(c2)OCCO3)CC1. The Labute approximate surface area is 138 Å². The summed E-state index contributed by atoms with van der Waals surface area (Å²) < 4.78 is 11.9. The Morgan fingerprint density at radius 1 is 1.32 bits per heavy atom. The van der Waals surface area contributed by atoms with Crippen LogP contribution in [0, 0.1) is 5.92 Å². The summed E-state index contributed by atoms with van der Waals surface area (Å²) in [5.74, 6) is 1.87. The first-order valence-corrected chi connectivity index (χ1v) is 8.49. The third-order valence-electron chi connectivity index (χ3n) is 4.41. The van der Waals surface area contributed by atoms with E-state index in [-0.39, 0.29) is 11.9 Å². The summed E-state index contributed by atoms with van der Waals surface area (Å²) in [4.78, 5) is 14.6. The van der Waals surface area contributed by atoms with Gasteiger partial charge < -0.3 is 20.1 Å². The van der Waals surface area contributed by atoms with E-state index in [1.807, 2.05) is 17.9 Å². The van der Waals surface area contributed by atoms with Gasteiger partial charge in [0.15, 0.2) is 11.5 Å². The fourth-order valence-electron chi connectivity index (χ4n) is 3.05. The topological polar surface area (TPSA) is 64.8 Å². The van der Waals surface area contributed by atoms with Crippen molar-refractivity contribution in [1.82, 2.24) is 4.90 Å². The van der Waals surface area contributed by atoms with E-state index in [0.29, 0.717) is 36.2 Å². The number of amides is 1. The zero-order valence-corrected chi connectivity index (χ0v) is 14.3. The highest BCUT2D eigenvalue weighted by Gasteiger charge is 2.27. The standard InChI is InChI=1S/C16H21BrN2O3/c1-10(18)11-2-4-19(5-3-11)16(20)12-8-13(17)15-14(9-12)21-6-7-22-15/h8-11H,2-7,18H2,1H3. The van der Waals surface area contributed by atoms with Crippen LogP contribution in [-0.2, 0) is 0 Å². The third-order valence-corrected chi connectivity index (χ3v) is 5.00. The van der Waals surface area contributed by atoms with E-state index in [0.717, 1.165) is 30.4 Å². The van der Waals surface area contributed by atoms with E-state index in [1.54, 1.807) is 6.07 Å². The first-order valence-electron chi connectivity index (χ1n) is 7.70. The van der Waals surface area contributed by atoms with E-state index in [9.17, 15) is 4.79 Å². The Morgan fingerprint density at radius 3 is 2.68 bits per heavy atom. The highest BCUT2D eigenvalue weighted by Crippen LogP contribution is 2.39. The lowest BCUT2D eigenvalue weighted by atomic mass is 9.90. The molecule has 0 bridgehead atoms. The fourth-order valence-corrected chi connectivity index (χ4v) is 3.60. The number of nitrogens with zero attached hydrogens (tertiary/aromatic N) is 1. The first kappa shape index (κ1) is 15.6. The molecule has 120 valence electrons. The predicted molar refractivity (Wildman–Crippen MR) is 87.4 cm³/mol. The molecule has 1 amide bonds. The second-order valence-electron chi connectivity index (χ2n) is 5.97. The number of carbonyl (C=O) groups excluding carboxylic acids is 1. The number of rotatable bonds is 2. The van der Waals surface area contributed by atoms with Crippen molar-refractivity contribution in [3.8, 4) is 11.5 Å². The van der Waals surface area contributed by atoms with Crippen molar-refractivity contribution in [2.45, 2.75) is 25.8 Å². The number of carbonyl (C=O) groups is 1. The van der Waals surface area contributed by atoms with Gasteiger partial charge in [-0.3, -0.25) is 4.79 Å². The van der Waals surface area contributed by atoms with E-state index >= 15 is 0 Å². The van der Waals surface area contributed by atoms with Gasteiger partial charge in [-0.25, -0.2) is 0 Å². The molecule has 6 heteroatoms. The Balaban J connectivity index is 1.74. The minimum atomic E-state index is 0.0424. The average molecular weight is 369 g/mol. The van der Waals surface area contributed by atoms with Gasteiger partial charge in [0.05, 0.1) is 4.47 Å². The van der Waals surface area contributed by atoms with Gasteiger partial charge in [0, 0.05) is 24.7 Å². The van der Waals surface area contributed by atoms with Gasteiger partial charge in [-0.15, -0.1) is 0 Å². The maximum atomic E-state index is 12.7. The van der Waals surface area contributed by atoms with Crippen molar-refractivity contribution in [3.63, 3.8) is 0 Å². The summed E-state index contributed by atoms with van der Waals surface area (Å²) in [5, 5.41) is 0. The summed E-state index contributed by atoms with van der Waals surface area (Å²) in [6.07, 6.45) is 1.93. The largest absolute Gasteiger partial charge is 0.486 e. The molecule has 0 spiro atoms. The molecule has 0 aliphatic carbocycles. The molecule has 1 unspecified atom stereocenters. The highest BCUT2D eigenvalue weighted by molar-refractivity contribution is 9.10. The smallest absolute Gasteiger partial charge is 0.254 e. The minimum Gasteiger partial charge on any atom is -0.486 e. The molecule has 1 saturated heterocycles. The molecule has 0 saturated carbocycles. The zero-order chi connectivity index (χ0) is 15.7. The molecule has 1 fully saturated rings. The number of ether oxygens (including phenoxy) is 2. The molecule has 2 aliphatic rings. The van der Waals surface area contributed by atoms with Gasteiger partial charge in [-0.1, -0.05) is 0 Å². The summed E-state index contributed by atoms with van der Waals surface area (Å²) in [5.41, 5.74) is 6.59. The molecule has 0 aromatic heterocycles. The predicted octanol–water partition coefficient (Wildman–Crippen LogP) is 2.42. The quantitative estimate of drug-likeness (QED) is 0.870. The van der Waals surface area contributed by atoms with E-state index < -0.39 is 0 Å². The van der Waals surface area contributed by atoms with E-state index in [1.165, 1.54) is 0 Å². The Kier molecular flexibility index (Phi) is 4.59. The number of fused-ring (bicyclic) bond motifs is 1. The number of hydrogen-bond acceptors (Lipinski definition) is 4. The minimum absolute atomic E-state index is 0.0424. The number of nitrogens with two attached hydrogens (primary N) is 1. The Bertz CT molecular complexity index is 569. The normalized spacial score (nSPS) is 19.9. The number of halogens is 1. The van der Waals surface area contributed by atoms with Gasteiger partial charge in [0.2, 0.25) is 0 Å². The van der Waals surface area contributed by atoms with Gasteiger partial charge in [0.1, 0.15) is 13.2 Å². The van der Waals surface area contributed by atoms with Crippen LogP contribution >= 0.6 is 15.9 Å². The Morgan fingerprint density at radius 2 is 2.00 bits per heavy atom. The molecule has 22 heavy (non-hydrogen) atoms. The lowest BCUT2D eigenvalue weighted by Gasteiger charge is -2.34. The molecule has 3 rings (SSSR count). The number of likely N-dealkylation sites (tertiary alicyclic amines) is 1. The molecule has 5 nitrogen and oxygen atoms in total. The fraction of sp³-hybridized carbons (Fsp3) is 0.562. The maximum absolute atomic E-state index is 12.7. The molecule has 1 aromatic carbocycles. The van der Waals surface area contributed by atoms with Crippen LogP contribution in [0.15, 0.2) is 16.6 Å². The van der Waals surface area contributed by atoms with Crippen LogP contribution in [0.4, 0.5) is 0 Å². The molecule has 0 radical (unpaired) electrons. The maximum Gasteiger partial charge on any atom is 0.254 e. The van der Waals surface area contributed by atoms with Crippen molar-refractivity contribution in [2.75, 3.05) is 26.3 Å². The monoisotopic (exact) mass is 368 g/mol. The van der Waals surface area contributed by atoms with E-state index in [4.69, 9.17) is 15.2 Å². The highest BCUT2D eigenvalue weighted by atomic mass is 79.9. The lowest BCUT2D eigenvalue weighted by molar-refractivity contribution is 0.0680. The van der Waals surface area contributed by atoms with Crippen LogP contribution in [0.3, 0.4) is 0 Å².